The molecule has 1 heteroatoms. The first-order valence-corrected chi connectivity index (χ1v) is 4.28. The third-order valence-electron chi connectivity index (χ3n) is 1.67. The fraction of sp³-hybridized carbons (Fsp3) is 0.455. The summed E-state index contributed by atoms with van der Waals surface area (Å²) in [5.74, 6) is 0. The Hall–Kier alpha value is -0.820. The summed E-state index contributed by atoms with van der Waals surface area (Å²) < 4.78 is 5.52. The molecule has 0 N–H and O–H groups in total. The summed E-state index contributed by atoms with van der Waals surface area (Å²) in [4.78, 5) is 0. The second-order valence-electron chi connectivity index (χ2n) is 2.67. The van der Waals surface area contributed by atoms with Gasteiger partial charge in [-0.2, -0.15) is 0 Å². The molecular weight excluding hydrogens is 148 g/mol. The van der Waals surface area contributed by atoms with Crippen LogP contribution in [0.5, 0.6) is 0 Å². The highest BCUT2D eigenvalue weighted by Crippen LogP contribution is 2.09. The molecule has 1 atom stereocenters. The van der Waals surface area contributed by atoms with Crippen LogP contribution in [0.1, 0.15) is 20.3 Å². The summed E-state index contributed by atoms with van der Waals surface area (Å²) >= 11 is 0. The van der Waals surface area contributed by atoms with Crippen LogP contribution >= 0.6 is 0 Å². The maximum absolute atomic E-state index is 5.52. The van der Waals surface area contributed by atoms with E-state index in [1.165, 1.54) is 5.57 Å². The number of hydrogen-bond acceptors (Lipinski definition) is 1. The zero-order chi connectivity index (χ0) is 9.40. The molecule has 1 nitrogen and oxygen atoms in total. The second-order valence-corrected chi connectivity index (χ2v) is 2.67. The molecule has 68 valence electrons. The van der Waals surface area contributed by atoms with Crippen molar-refractivity contribution in [1.29, 1.82) is 0 Å². The van der Waals surface area contributed by atoms with Crippen molar-refractivity contribution in [3.05, 3.63) is 37.0 Å². The average molecular weight is 166 g/mol. The van der Waals surface area contributed by atoms with Crippen LogP contribution in [0.25, 0.3) is 0 Å². The molecule has 0 aliphatic carbocycles. The minimum atomic E-state index is 0.209. The Morgan fingerprint density at radius 1 is 1.50 bits per heavy atom. The van der Waals surface area contributed by atoms with Gasteiger partial charge in [-0.25, -0.2) is 0 Å². The van der Waals surface area contributed by atoms with Crippen molar-refractivity contribution in [2.24, 2.45) is 0 Å². The van der Waals surface area contributed by atoms with Crippen molar-refractivity contribution in [2.75, 3.05) is 6.61 Å². The lowest BCUT2D eigenvalue weighted by molar-refractivity contribution is 0.0981. The van der Waals surface area contributed by atoms with Gasteiger partial charge in [0.05, 0.1) is 12.7 Å². The Morgan fingerprint density at radius 3 is 2.58 bits per heavy atom. The van der Waals surface area contributed by atoms with E-state index in [-0.39, 0.29) is 6.10 Å². The molecule has 0 saturated heterocycles. The van der Waals surface area contributed by atoms with Crippen LogP contribution in [0.2, 0.25) is 0 Å². The first kappa shape index (κ1) is 11.2. The maximum atomic E-state index is 5.52. The Labute approximate surface area is 75.4 Å². The van der Waals surface area contributed by atoms with Crippen molar-refractivity contribution in [3.63, 3.8) is 0 Å². The summed E-state index contributed by atoms with van der Waals surface area (Å²) in [6, 6.07) is 0. The van der Waals surface area contributed by atoms with Crippen LogP contribution in [-0.4, -0.2) is 12.7 Å². The van der Waals surface area contributed by atoms with E-state index in [2.05, 4.69) is 27.0 Å². The minimum Gasteiger partial charge on any atom is -0.370 e. The average Bonchev–Trinajstić information content (AvgIpc) is 2.06. The van der Waals surface area contributed by atoms with E-state index in [1.807, 2.05) is 6.08 Å². The van der Waals surface area contributed by atoms with E-state index in [4.69, 9.17) is 4.74 Å². The molecule has 0 radical (unpaired) electrons. The van der Waals surface area contributed by atoms with Crippen molar-refractivity contribution in [2.45, 2.75) is 26.4 Å². The van der Waals surface area contributed by atoms with Crippen LogP contribution in [0, 0.1) is 0 Å². The van der Waals surface area contributed by atoms with E-state index in [9.17, 15) is 0 Å². The predicted octanol–water partition coefficient (Wildman–Crippen LogP) is 3.10. The van der Waals surface area contributed by atoms with Crippen LogP contribution in [0.4, 0.5) is 0 Å². The molecule has 0 fully saturated rings. The molecule has 0 aliphatic heterocycles. The molecule has 0 bridgehead atoms. The third-order valence-corrected chi connectivity index (χ3v) is 1.67. The van der Waals surface area contributed by atoms with E-state index in [0.29, 0.717) is 6.61 Å². The van der Waals surface area contributed by atoms with Crippen molar-refractivity contribution in [3.8, 4) is 0 Å². The van der Waals surface area contributed by atoms with Crippen LogP contribution in [-0.2, 0) is 4.74 Å². The lowest BCUT2D eigenvalue weighted by atomic mass is 10.1. The summed E-state index contributed by atoms with van der Waals surface area (Å²) in [5, 5.41) is 0. The molecular formula is C11H18O. The summed E-state index contributed by atoms with van der Waals surface area (Å²) in [5.41, 5.74) is 1.22. The first-order valence-electron chi connectivity index (χ1n) is 4.28. The van der Waals surface area contributed by atoms with Gasteiger partial charge in [0.2, 0.25) is 0 Å². The molecule has 0 aromatic carbocycles. The molecule has 1 unspecified atom stereocenters. The first-order chi connectivity index (χ1) is 5.76. The molecule has 0 heterocycles. The normalized spacial score (nSPS) is 14.0. The number of rotatable bonds is 6. The SMILES string of the molecule is C=CC=C(C)C(CC)OCC=C. The van der Waals surface area contributed by atoms with E-state index in [1.54, 1.807) is 12.2 Å². The molecule has 0 amide bonds. The van der Waals surface area contributed by atoms with E-state index >= 15 is 0 Å². The van der Waals surface area contributed by atoms with E-state index < -0.39 is 0 Å². The lowest BCUT2D eigenvalue weighted by Crippen LogP contribution is -2.12. The standard InChI is InChI=1S/C11H18O/c1-5-8-10(4)11(7-3)12-9-6-2/h5-6,8,11H,1-2,7,9H2,3-4H3. The van der Waals surface area contributed by atoms with Crippen LogP contribution in [0.3, 0.4) is 0 Å². The molecule has 0 aromatic heterocycles. The van der Waals surface area contributed by atoms with Crippen LogP contribution in [0.15, 0.2) is 37.0 Å². The summed E-state index contributed by atoms with van der Waals surface area (Å²) in [7, 11) is 0. The summed E-state index contributed by atoms with van der Waals surface area (Å²) in [6.07, 6.45) is 6.74. The third kappa shape index (κ3) is 4.14. The maximum Gasteiger partial charge on any atom is 0.0787 e. The predicted molar refractivity (Wildman–Crippen MR) is 54.2 cm³/mol. The lowest BCUT2D eigenvalue weighted by Gasteiger charge is -2.15. The van der Waals surface area contributed by atoms with Gasteiger partial charge in [-0.05, 0) is 18.9 Å². The Bertz CT molecular complexity index is 168. The Balaban J connectivity index is 4.03. The quantitative estimate of drug-likeness (QED) is 0.435. The molecule has 12 heavy (non-hydrogen) atoms. The van der Waals surface area contributed by atoms with E-state index in [0.717, 1.165) is 6.42 Å². The minimum absolute atomic E-state index is 0.209. The Morgan fingerprint density at radius 2 is 2.17 bits per heavy atom. The van der Waals surface area contributed by atoms with Crippen molar-refractivity contribution >= 4 is 0 Å². The molecule has 0 aromatic rings. The topological polar surface area (TPSA) is 9.23 Å². The van der Waals surface area contributed by atoms with Crippen molar-refractivity contribution < 1.29 is 4.74 Å². The summed E-state index contributed by atoms with van der Waals surface area (Å²) in [6.45, 7) is 12.0. The molecule has 0 saturated carbocycles. The molecule has 0 rings (SSSR count). The van der Waals surface area contributed by atoms with Gasteiger partial charge in [0.15, 0.2) is 0 Å². The largest absolute Gasteiger partial charge is 0.370 e. The van der Waals surface area contributed by atoms with Gasteiger partial charge >= 0.3 is 0 Å². The highest BCUT2D eigenvalue weighted by molar-refractivity contribution is 5.12. The number of hydrogen-bond donors (Lipinski definition) is 0. The second kappa shape index (κ2) is 6.86. The highest BCUT2D eigenvalue weighted by atomic mass is 16.5. The zero-order valence-corrected chi connectivity index (χ0v) is 8.05. The van der Waals surface area contributed by atoms with Gasteiger partial charge < -0.3 is 4.74 Å². The Kier molecular flexibility index (Phi) is 6.39. The monoisotopic (exact) mass is 166 g/mol. The fourth-order valence-corrected chi connectivity index (χ4v) is 1.05. The zero-order valence-electron chi connectivity index (χ0n) is 8.05. The van der Waals surface area contributed by atoms with Gasteiger partial charge in [-0.15, -0.1) is 6.58 Å². The van der Waals surface area contributed by atoms with Gasteiger partial charge in [0, 0.05) is 0 Å². The molecule has 0 aliphatic rings. The van der Waals surface area contributed by atoms with Crippen LogP contribution < -0.4 is 0 Å². The van der Waals surface area contributed by atoms with Gasteiger partial charge in [-0.1, -0.05) is 31.7 Å². The smallest absolute Gasteiger partial charge is 0.0787 e. The molecule has 0 spiro atoms. The van der Waals surface area contributed by atoms with Crippen molar-refractivity contribution in [1.82, 2.24) is 0 Å². The van der Waals surface area contributed by atoms with Gasteiger partial charge in [0.1, 0.15) is 0 Å². The fourth-order valence-electron chi connectivity index (χ4n) is 1.05. The number of allylic oxidation sites excluding steroid dienone is 2. The highest BCUT2D eigenvalue weighted by Gasteiger charge is 2.05. The number of ether oxygens (including phenoxy) is 1. The van der Waals surface area contributed by atoms with Gasteiger partial charge in [-0.3, -0.25) is 0 Å². The van der Waals surface area contributed by atoms with Gasteiger partial charge in [0.25, 0.3) is 0 Å².